The van der Waals surface area contributed by atoms with Crippen molar-refractivity contribution in [2.45, 2.75) is 76.7 Å². The topological polar surface area (TPSA) is 83.4 Å². The number of hydrogen-bond acceptors (Lipinski definition) is 5. The summed E-state index contributed by atoms with van der Waals surface area (Å²) < 4.78 is 45.4. The molecular formula is C34H37F3N6O2. The third-order valence-corrected chi connectivity index (χ3v) is 9.39. The molecule has 2 fully saturated rings. The van der Waals surface area contributed by atoms with Gasteiger partial charge < -0.3 is 14.8 Å². The lowest BCUT2D eigenvalue weighted by atomic mass is 9.58. The summed E-state index contributed by atoms with van der Waals surface area (Å²) in [6.07, 6.45) is 1.31. The maximum atomic E-state index is 14.5. The Morgan fingerprint density at radius 2 is 1.98 bits per heavy atom. The third kappa shape index (κ3) is 5.96. The number of likely N-dealkylation sites (tertiary alicyclic amines) is 1. The molecule has 3 aliphatic rings. The minimum Gasteiger partial charge on any atom is -0.341 e. The van der Waals surface area contributed by atoms with Crippen LogP contribution in [0.5, 0.6) is 0 Å². The average Bonchev–Trinajstić information content (AvgIpc) is 3.47. The summed E-state index contributed by atoms with van der Waals surface area (Å²) in [7, 11) is 1.91. The normalized spacial score (nSPS) is 23.5. The van der Waals surface area contributed by atoms with Crippen LogP contribution in [0.2, 0.25) is 0 Å². The van der Waals surface area contributed by atoms with Gasteiger partial charge in [0.25, 0.3) is 11.8 Å². The largest absolute Gasteiger partial charge is 0.416 e. The van der Waals surface area contributed by atoms with E-state index in [-0.39, 0.29) is 41.6 Å². The standard InChI is InChI=1S/C34H37F3N6O2/c1-4-8-30(44)39-25-10-5-6-12-42(19-25)18-23-13-27-28(29(14-23)34(35,36)37)20-43(31(27)45)26-11-7-9-24(15-26)33(16-22(2)17-33)32-40-38-21-41(32)3/h7,9,11,13-15,21-22,25H,5-6,10,12,16-20H2,1-3H3,(H,39,44)/t22?,25-,33?/m0/s1. The first-order valence-electron chi connectivity index (χ1n) is 15.4. The second-order valence-corrected chi connectivity index (χ2v) is 12.7. The van der Waals surface area contributed by atoms with Crippen molar-refractivity contribution in [3.63, 3.8) is 0 Å². The van der Waals surface area contributed by atoms with Gasteiger partial charge in [-0.3, -0.25) is 14.5 Å². The minimum atomic E-state index is -4.62. The molecule has 3 aromatic rings. The number of carbonyl (C=O) groups is 2. The van der Waals surface area contributed by atoms with E-state index in [0.29, 0.717) is 30.3 Å². The van der Waals surface area contributed by atoms with Crippen molar-refractivity contribution in [1.82, 2.24) is 25.0 Å². The van der Waals surface area contributed by atoms with E-state index in [0.717, 1.165) is 43.5 Å². The molecule has 8 nitrogen and oxygen atoms in total. The van der Waals surface area contributed by atoms with E-state index in [4.69, 9.17) is 0 Å². The van der Waals surface area contributed by atoms with E-state index in [1.807, 2.05) is 34.7 Å². The Bertz CT molecular complexity index is 1680. The molecule has 11 heteroatoms. The van der Waals surface area contributed by atoms with Crippen LogP contribution in [0.4, 0.5) is 18.9 Å². The van der Waals surface area contributed by atoms with Crippen molar-refractivity contribution in [3.8, 4) is 11.8 Å². The Morgan fingerprint density at radius 3 is 2.67 bits per heavy atom. The van der Waals surface area contributed by atoms with E-state index in [1.165, 1.54) is 11.0 Å². The fourth-order valence-electron chi connectivity index (χ4n) is 7.46. The predicted molar refractivity (Wildman–Crippen MR) is 163 cm³/mol. The van der Waals surface area contributed by atoms with Gasteiger partial charge in [-0.2, -0.15) is 13.2 Å². The number of nitrogens with one attached hydrogen (secondary N) is 1. The molecule has 1 aliphatic carbocycles. The summed E-state index contributed by atoms with van der Waals surface area (Å²) in [4.78, 5) is 29.4. The van der Waals surface area contributed by atoms with Crippen LogP contribution in [-0.2, 0) is 36.5 Å². The number of benzene rings is 2. The quantitative estimate of drug-likeness (QED) is 0.384. The molecular weight excluding hydrogens is 581 g/mol. The Kier molecular flexibility index (Phi) is 8.20. The Morgan fingerprint density at radius 1 is 1.18 bits per heavy atom. The predicted octanol–water partition coefficient (Wildman–Crippen LogP) is 5.20. The van der Waals surface area contributed by atoms with Gasteiger partial charge in [0.05, 0.1) is 17.5 Å². The molecule has 0 bridgehead atoms. The maximum Gasteiger partial charge on any atom is 0.416 e. The number of hydrogen-bond donors (Lipinski definition) is 1. The summed E-state index contributed by atoms with van der Waals surface area (Å²) in [6.45, 7) is 5.03. The number of nitrogens with zero attached hydrogens (tertiary/aromatic N) is 5. The molecule has 45 heavy (non-hydrogen) atoms. The molecule has 2 aliphatic heterocycles. The van der Waals surface area contributed by atoms with Crippen molar-refractivity contribution in [2.75, 3.05) is 18.0 Å². The van der Waals surface area contributed by atoms with Crippen LogP contribution in [0.1, 0.15) is 84.4 Å². The molecule has 1 N–H and O–H groups in total. The van der Waals surface area contributed by atoms with Gasteiger partial charge in [0.2, 0.25) is 0 Å². The molecule has 236 valence electrons. The van der Waals surface area contributed by atoms with Crippen LogP contribution < -0.4 is 10.2 Å². The number of aromatic nitrogens is 3. The van der Waals surface area contributed by atoms with Gasteiger partial charge in [-0.1, -0.05) is 31.4 Å². The van der Waals surface area contributed by atoms with Crippen molar-refractivity contribution in [1.29, 1.82) is 0 Å². The lowest BCUT2D eigenvalue weighted by Gasteiger charge is -2.46. The monoisotopic (exact) mass is 618 g/mol. The summed E-state index contributed by atoms with van der Waals surface area (Å²) in [5, 5.41) is 11.4. The summed E-state index contributed by atoms with van der Waals surface area (Å²) in [6, 6.07) is 10.2. The summed E-state index contributed by atoms with van der Waals surface area (Å²) in [5.41, 5.74) is 0.907. The number of alkyl halides is 3. The SMILES string of the molecule is CC#CC(=O)N[C@H]1CCCCN(Cc2cc3c(c(C(F)(F)F)c2)CN(c2cccc(C4(c5nncn5C)CC(C)C4)c2)C3=O)C1. The first-order valence-corrected chi connectivity index (χ1v) is 15.4. The van der Waals surface area contributed by atoms with Crippen molar-refractivity contribution >= 4 is 17.5 Å². The number of amides is 2. The smallest absolute Gasteiger partial charge is 0.341 e. The lowest BCUT2D eigenvalue weighted by Crippen LogP contribution is -2.43. The van der Waals surface area contributed by atoms with Crippen LogP contribution in [0.3, 0.4) is 0 Å². The molecule has 1 aromatic heterocycles. The molecule has 3 heterocycles. The highest BCUT2D eigenvalue weighted by Gasteiger charge is 2.48. The van der Waals surface area contributed by atoms with Crippen molar-refractivity contribution < 1.29 is 22.8 Å². The Hall–Kier alpha value is -4.17. The van der Waals surface area contributed by atoms with E-state index >= 15 is 0 Å². The van der Waals surface area contributed by atoms with E-state index in [9.17, 15) is 22.8 Å². The first-order chi connectivity index (χ1) is 21.5. The Labute approximate surface area is 261 Å². The van der Waals surface area contributed by atoms with Crippen LogP contribution in [-0.4, -0.2) is 50.6 Å². The zero-order valence-corrected chi connectivity index (χ0v) is 25.7. The number of halogens is 3. The average molecular weight is 619 g/mol. The fraction of sp³-hybridized carbons (Fsp3) is 0.471. The molecule has 0 spiro atoms. The Balaban J connectivity index is 1.29. The zero-order chi connectivity index (χ0) is 31.9. The maximum absolute atomic E-state index is 14.5. The highest BCUT2D eigenvalue weighted by Crippen LogP contribution is 2.52. The molecule has 1 saturated carbocycles. The van der Waals surface area contributed by atoms with Crippen LogP contribution in [0.25, 0.3) is 0 Å². The fourth-order valence-corrected chi connectivity index (χ4v) is 7.46. The second-order valence-electron chi connectivity index (χ2n) is 12.7. The summed E-state index contributed by atoms with van der Waals surface area (Å²) >= 11 is 0. The highest BCUT2D eigenvalue weighted by molar-refractivity contribution is 6.10. The van der Waals surface area contributed by atoms with Crippen molar-refractivity contribution in [3.05, 3.63) is 76.4 Å². The van der Waals surface area contributed by atoms with Gasteiger partial charge in [-0.05, 0) is 91.9 Å². The second kappa shape index (κ2) is 12.0. The van der Waals surface area contributed by atoms with Crippen LogP contribution >= 0.6 is 0 Å². The van der Waals surface area contributed by atoms with Gasteiger partial charge in [0.1, 0.15) is 12.2 Å². The molecule has 2 amide bonds. The van der Waals surface area contributed by atoms with Gasteiger partial charge >= 0.3 is 6.18 Å². The molecule has 6 rings (SSSR count). The van der Waals surface area contributed by atoms with Crippen LogP contribution in [0, 0.1) is 17.8 Å². The molecule has 1 atom stereocenters. The molecule has 1 saturated heterocycles. The number of aryl methyl sites for hydroxylation is 1. The molecule has 2 aromatic carbocycles. The van der Waals surface area contributed by atoms with E-state index in [2.05, 4.69) is 34.3 Å². The van der Waals surface area contributed by atoms with Crippen LogP contribution in [0.15, 0.2) is 42.7 Å². The number of anilines is 1. The molecule has 0 radical (unpaired) electrons. The number of carbonyl (C=O) groups excluding carboxylic acids is 2. The first kappa shape index (κ1) is 30.8. The van der Waals surface area contributed by atoms with Gasteiger partial charge in [0.15, 0.2) is 0 Å². The number of rotatable bonds is 6. The number of fused-ring (bicyclic) bond motifs is 1. The lowest BCUT2D eigenvalue weighted by molar-refractivity contribution is -0.138. The minimum absolute atomic E-state index is 0.00100. The summed E-state index contributed by atoms with van der Waals surface area (Å²) in [5.74, 6) is 5.60. The van der Waals surface area contributed by atoms with E-state index in [1.54, 1.807) is 25.4 Å². The third-order valence-electron chi connectivity index (χ3n) is 9.39. The van der Waals surface area contributed by atoms with Gasteiger partial charge in [0, 0.05) is 37.4 Å². The molecule has 0 unspecified atom stereocenters. The zero-order valence-electron chi connectivity index (χ0n) is 25.7. The van der Waals surface area contributed by atoms with Gasteiger partial charge in [-0.25, -0.2) is 0 Å². The van der Waals surface area contributed by atoms with Crippen molar-refractivity contribution in [2.24, 2.45) is 13.0 Å². The highest BCUT2D eigenvalue weighted by atomic mass is 19.4. The van der Waals surface area contributed by atoms with E-state index < -0.39 is 17.6 Å². The van der Waals surface area contributed by atoms with Gasteiger partial charge in [-0.15, -0.1) is 10.2 Å².